The van der Waals surface area contributed by atoms with Gasteiger partial charge in [-0.25, -0.2) is 4.98 Å². The van der Waals surface area contributed by atoms with E-state index in [1.807, 2.05) is 13.8 Å². The predicted octanol–water partition coefficient (Wildman–Crippen LogP) is 1.02. The minimum atomic E-state index is 0.468. The number of anilines is 1. The highest BCUT2D eigenvalue weighted by Gasteiger charge is 1.74. The van der Waals surface area contributed by atoms with Crippen LogP contribution in [-0.4, -0.2) is 9.97 Å². The second kappa shape index (κ2) is 4.18. The Morgan fingerprint density at radius 2 is 2.25 bits per heavy atom. The number of nitrogens with two attached hydrogens (primary N) is 1. The van der Waals surface area contributed by atoms with Gasteiger partial charge in [-0.05, 0) is 0 Å². The first kappa shape index (κ1) is 7.01. The summed E-state index contributed by atoms with van der Waals surface area (Å²) < 4.78 is 0. The van der Waals surface area contributed by atoms with E-state index in [1.54, 1.807) is 12.4 Å². The Morgan fingerprint density at radius 1 is 1.62 bits per heavy atom. The van der Waals surface area contributed by atoms with Crippen molar-refractivity contribution in [3.05, 3.63) is 12.4 Å². The summed E-state index contributed by atoms with van der Waals surface area (Å²) in [6, 6.07) is 0. The molecule has 0 radical (unpaired) electrons. The van der Waals surface area contributed by atoms with Crippen LogP contribution in [0.25, 0.3) is 0 Å². The van der Waals surface area contributed by atoms with Gasteiger partial charge in [-0.1, -0.05) is 13.8 Å². The van der Waals surface area contributed by atoms with Gasteiger partial charge in [-0.15, -0.1) is 0 Å². The van der Waals surface area contributed by atoms with E-state index in [2.05, 4.69) is 9.97 Å². The molecule has 1 heterocycles. The van der Waals surface area contributed by atoms with Crippen LogP contribution in [0, 0.1) is 0 Å². The number of rotatable bonds is 0. The van der Waals surface area contributed by atoms with Gasteiger partial charge in [0.1, 0.15) is 0 Å². The smallest absolute Gasteiger partial charge is 0.197 e. The lowest BCUT2D eigenvalue weighted by molar-refractivity contribution is 1.33. The molecule has 46 valence electrons. The van der Waals surface area contributed by atoms with Crippen LogP contribution < -0.4 is 5.73 Å². The molecule has 3 N–H and O–H groups in total. The minimum Gasteiger partial charge on any atom is -0.369 e. The van der Waals surface area contributed by atoms with Crippen LogP contribution in [0.15, 0.2) is 12.4 Å². The molecule has 3 nitrogen and oxygen atoms in total. The summed E-state index contributed by atoms with van der Waals surface area (Å²) in [4.78, 5) is 6.31. The maximum atomic E-state index is 5.11. The lowest BCUT2D eigenvalue weighted by Gasteiger charge is -1.70. The van der Waals surface area contributed by atoms with Crippen LogP contribution in [0.2, 0.25) is 0 Å². The Balaban J connectivity index is 0.000000222. The van der Waals surface area contributed by atoms with Gasteiger partial charge in [0.2, 0.25) is 0 Å². The van der Waals surface area contributed by atoms with Gasteiger partial charge >= 0.3 is 0 Å². The average Bonchev–Trinajstić information content (AvgIpc) is 2.24. The van der Waals surface area contributed by atoms with Crippen molar-refractivity contribution in [2.24, 2.45) is 0 Å². The number of H-pyrrole nitrogens is 1. The normalized spacial score (nSPS) is 7.25. The van der Waals surface area contributed by atoms with Gasteiger partial charge in [-0.3, -0.25) is 0 Å². The van der Waals surface area contributed by atoms with Gasteiger partial charge in [0.25, 0.3) is 0 Å². The Hall–Kier alpha value is -0.990. The fraction of sp³-hybridized carbons (Fsp3) is 0.400. The van der Waals surface area contributed by atoms with Gasteiger partial charge in [0.05, 0.1) is 0 Å². The molecule has 0 fully saturated rings. The van der Waals surface area contributed by atoms with Gasteiger partial charge in [-0.2, -0.15) is 0 Å². The molecule has 3 heteroatoms. The van der Waals surface area contributed by atoms with Crippen LogP contribution in [0.3, 0.4) is 0 Å². The zero-order valence-electron chi connectivity index (χ0n) is 5.18. The fourth-order valence-corrected chi connectivity index (χ4v) is 0.277. The summed E-state index contributed by atoms with van der Waals surface area (Å²) in [5, 5.41) is 0. The molecule has 0 saturated carbocycles. The monoisotopic (exact) mass is 113 g/mol. The lowest BCUT2D eigenvalue weighted by atomic mass is 11.0. The molecular formula is C5H11N3. The molecule has 0 spiro atoms. The van der Waals surface area contributed by atoms with E-state index in [1.165, 1.54) is 0 Å². The standard InChI is InChI=1S/C3H5N3.C2H6/c4-3-5-1-2-6-3;1-2/h1-2H,(H3,4,5,6);1-2H3. The molecule has 1 aromatic rings. The molecule has 8 heavy (non-hydrogen) atoms. The molecule has 0 aliphatic carbocycles. The highest BCUT2D eigenvalue weighted by Crippen LogP contribution is 1.81. The molecule has 1 rings (SSSR count). The summed E-state index contributed by atoms with van der Waals surface area (Å²) in [5.41, 5.74) is 5.11. The average molecular weight is 113 g/mol. The van der Waals surface area contributed by atoms with Crippen LogP contribution in [0.4, 0.5) is 5.95 Å². The molecule has 1 aromatic heterocycles. The van der Waals surface area contributed by atoms with Crippen LogP contribution in [0.5, 0.6) is 0 Å². The van der Waals surface area contributed by atoms with Gasteiger partial charge < -0.3 is 10.7 Å². The Labute approximate surface area is 48.9 Å². The van der Waals surface area contributed by atoms with E-state index in [0.717, 1.165) is 0 Å². The summed E-state index contributed by atoms with van der Waals surface area (Å²) in [6.07, 6.45) is 3.28. The van der Waals surface area contributed by atoms with Crippen LogP contribution >= 0.6 is 0 Å². The maximum Gasteiger partial charge on any atom is 0.197 e. The molecule has 0 atom stereocenters. The summed E-state index contributed by atoms with van der Waals surface area (Å²) in [6.45, 7) is 4.00. The van der Waals surface area contributed by atoms with Crippen molar-refractivity contribution >= 4 is 5.95 Å². The van der Waals surface area contributed by atoms with E-state index in [4.69, 9.17) is 5.73 Å². The first-order valence-electron chi connectivity index (χ1n) is 2.64. The SMILES string of the molecule is CC.Nc1ncc[nH]1. The summed E-state index contributed by atoms with van der Waals surface area (Å²) in [5.74, 6) is 0.468. The quantitative estimate of drug-likeness (QED) is 0.527. The third kappa shape index (κ3) is 2.23. The second-order valence-corrected chi connectivity index (χ2v) is 0.974. The molecule has 0 amide bonds. The second-order valence-electron chi connectivity index (χ2n) is 0.974. The number of aromatic nitrogens is 2. The van der Waals surface area contributed by atoms with Crippen molar-refractivity contribution in [2.75, 3.05) is 5.73 Å². The summed E-state index contributed by atoms with van der Waals surface area (Å²) >= 11 is 0. The van der Waals surface area contributed by atoms with Crippen LogP contribution in [0.1, 0.15) is 13.8 Å². The number of imidazole rings is 1. The third-order valence-electron chi connectivity index (χ3n) is 0.519. The van der Waals surface area contributed by atoms with Gasteiger partial charge in [0.15, 0.2) is 5.95 Å². The number of aromatic amines is 1. The highest BCUT2D eigenvalue weighted by atomic mass is 15.0. The molecule has 0 aliphatic rings. The van der Waals surface area contributed by atoms with Crippen molar-refractivity contribution in [2.45, 2.75) is 13.8 Å². The molecule has 0 saturated heterocycles. The summed E-state index contributed by atoms with van der Waals surface area (Å²) in [7, 11) is 0. The number of nitrogens with one attached hydrogen (secondary N) is 1. The van der Waals surface area contributed by atoms with Crippen molar-refractivity contribution in [3.63, 3.8) is 0 Å². The van der Waals surface area contributed by atoms with Crippen molar-refractivity contribution < 1.29 is 0 Å². The van der Waals surface area contributed by atoms with Gasteiger partial charge in [0, 0.05) is 12.4 Å². The molecule has 0 aliphatic heterocycles. The topological polar surface area (TPSA) is 54.7 Å². The highest BCUT2D eigenvalue weighted by molar-refractivity contribution is 5.11. The van der Waals surface area contributed by atoms with E-state index in [0.29, 0.717) is 5.95 Å². The largest absolute Gasteiger partial charge is 0.369 e. The van der Waals surface area contributed by atoms with E-state index in [9.17, 15) is 0 Å². The molecular weight excluding hydrogens is 102 g/mol. The third-order valence-corrected chi connectivity index (χ3v) is 0.519. The number of hydrogen-bond acceptors (Lipinski definition) is 2. The van der Waals surface area contributed by atoms with E-state index >= 15 is 0 Å². The predicted molar refractivity (Wildman–Crippen MR) is 34.3 cm³/mol. The minimum absolute atomic E-state index is 0.468. The number of nitrogens with zero attached hydrogens (tertiary/aromatic N) is 1. The lowest BCUT2D eigenvalue weighted by Crippen LogP contribution is -1.83. The van der Waals surface area contributed by atoms with Crippen molar-refractivity contribution in [3.8, 4) is 0 Å². The zero-order chi connectivity index (χ0) is 6.41. The maximum absolute atomic E-state index is 5.11. The fourth-order valence-electron chi connectivity index (χ4n) is 0.277. The van der Waals surface area contributed by atoms with E-state index < -0.39 is 0 Å². The zero-order valence-corrected chi connectivity index (χ0v) is 5.18. The Bertz CT molecular complexity index is 111. The number of hydrogen-bond donors (Lipinski definition) is 2. The Morgan fingerprint density at radius 3 is 2.38 bits per heavy atom. The molecule has 0 unspecified atom stereocenters. The van der Waals surface area contributed by atoms with Crippen molar-refractivity contribution in [1.82, 2.24) is 9.97 Å². The first-order valence-corrected chi connectivity index (χ1v) is 2.64. The number of nitrogen functional groups attached to an aromatic ring is 1. The first-order chi connectivity index (χ1) is 3.89. The molecule has 0 aromatic carbocycles. The van der Waals surface area contributed by atoms with Crippen LogP contribution in [-0.2, 0) is 0 Å². The Kier molecular flexibility index (Phi) is 3.66. The van der Waals surface area contributed by atoms with E-state index in [-0.39, 0.29) is 0 Å². The molecule has 0 bridgehead atoms. The van der Waals surface area contributed by atoms with Crippen molar-refractivity contribution in [1.29, 1.82) is 0 Å².